The number of Topliss-reactive ketones (excluding diaryl/α,β-unsaturated/α-hetero) is 1. The quantitative estimate of drug-likeness (QED) is 0.468. The molecule has 0 bridgehead atoms. The van der Waals surface area contributed by atoms with E-state index in [0.717, 1.165) is 35.9 Å². The lowest BCUT2D eigenvalue weighted by Gasteiger charge is -2.23. The molecule has 3 aromatic rings. The van der Waals surface area contributed by atoms with Gasteiger partial charge in [-0.15, -0.1) is 0 Å². The van der Waals surface area contributed by atoms with Gasteiger partial charge in [0.25, 0.3) is 0 Å². The molecule has 1 saturated heterocycles. The standard InChI is InChI=1S/C24H24N6O2/c1-12(31)13-6-14(9-27-8-13)32-24-28-20-7-16-15(4-3-5-19(16)26-2)21(20)23(29-24)30-10-17-18(11-30)22(17)25/h3-6,8-9,17-18,22,26H,7,10-11,25H2,1-2H3. The summed E-state index contributed by atoms with van der Waals surface area (Å²) in [5.41, 5.74) is 12.2. The number of aromatic nitrogens is 3. The van der Waals surface area contributed by atoms with Crippen molar-refractivity contribution >= 4 is 17.3 Å². The Hall–Kier alpha value is -3.52. The molecule has 1 aromatic carbocycles. The second kappa shape index (κ2) is 7.00. The minimum atomic E-state index is -0.0683. The Morgan fingerprint density at radius 1 is 1.22 bits per heavy atom. The van der Waals surface area contributed by atoms with Gasteiger partial charge in [-0.25, -0.2) is 0 Å². The lowest BCUT2D eigenvalue weighted by atomic mass is 10.1. The van der Waals surface area contributed by atoms with Crippen LogP contribution in [0.5, 0.6) is 11.8 Å². The van der Waals surface area contributed by atoms with Gasteiger partial charge < -0.3 is 20.7 Å². The summed E-state index contributed by atoms with van der Waals surface area (Å²) < 4.78 is 6.01. The molecule has 2 aliphatic carbocycles. The zero-order valence-electron chi connectivity index (χ0n) is 18.0. The number of benzene rings is 1. The van der Waals surface area contributed by atoms with Crippen LogP contribution in [0.2, 0.25) is 0 Å². The van der Waals surface area contributed by atoms with Crippen molar-refractivity contribution in [3.8, 4) is 22.9 Å². The van der Waals surface area contributed by atoms with E-state index in [0.29, 0.717) is 35.6 Å². The molecule has 2 atom stereocenters. The van der Waals surface area contributed by atoms with Crippen molar-refractivity contribution in [3.05, 3.63) is 53.5 Å². The first-order valence-electron chi connectivity index (χ1n) is 10.9. The minimum absolute atomic E-state index is 0.0683. The Labute approximate surface area is 185 Å². The topological polar surface area (TPSA) is 106 Å². The molecule has 8 nitrogen and oxygen atoms in total. The molecule has 8 heteroatoms. The number of nitrogens with one attached hydrogen (secondary N) is 1. The first kappa shape index (κ1) is 19.2. The molecular formula is C24H24N6O2. The van der Waals surface area contributed by atoms with Crippen molar-refractivity contribution in [3.63, 3.8) is 0 Å². The maximum atomic E-state index is 11.7. The monoisotopic (exact) mass is 428 g/mol. The number of nitrogens with zero attached hydrogens (tertiary/aromatic N) is 4. The molecule has 162 valence electrons. The van der Waals surface area contributed by atoms with Crippen molar-refractivity contribution < 1.29 is 9.53 Å². The Morgan fingerprint density at radius 2 is 2.03 bits per heavy atom. The lowest BCUT2D eigenvalue weighted by Crippen LogP contribution is -2.29. The third-order valence-corrected chi connectivity index (χ3v) is 6.89. The van der Waals surface area contributed by atoms with Gasteiger partial charge in [-0.1, -0.05) is 12.1 Å². The van der Waals surface area contributed by atoms with Gasteiger partial charge in [0.15, 0.2) is 5.78 Å². The van der Waals surface area contributed by atoms with Gasteiger partial charge in [-0.05, 0) is 42.0 Å². The average Bonchev–Trinajstić information content (AvgIpc) is 3.14. The van der Waals surface area contributed by atoms with Crippen molar-refractivity contribution in [2.75, 3.05) is 30.4 Å². The van der Waals surface area contributed by atoms with Gasteiger partial charge >= 0.3 is 6.01 Å². The van der Waals surface area contributed by atoms with Crippen molar-refractivity contribution in [2.24, 2.45) is 17.6 Å². The summed E-state index contributed by atoms with van der Waals surface area (Å²) >= 11 is 0. The van der Waals surface area contributed by atoms with Crippen LogP contribution in [0, 0.1) is 11.8 Å². The van der Waals surface area contributed by atoms with Gasteiger partial charge in [0, 0.05) is 55.6 Å². The number of carbonyl (C=O) groups excluding carboxylic acids is 1. The zero-order valence-corrected chi connectivity index (χ0v) is 18.0. The van der Waals surface area contributed by atoms with E-state index in [9.17, 15) is 4.79 Å². The fourth-order valence-corrected chi connectivity index (χ4v) is 5.08. The van der Waals surface area contributed by atoms with Crippen LogP contribution in [-0.4, -0.2) is 46.9 Å². The van der Waals surface area contributed by atoms with E-state index in [1.54, 1.807) is 12.3 Å². The molecule has 1 aliphatic heterocycles. The van der Waals surface area contributed by atoms with E-state index < -0.39 is 0 Å². The summed E-state index contributed by atoms with van der Waals surface area (Å²) in [6, 6.07) is 8.52. The van der Waals surface area contributed by atoms with E-state index in [1.807, 2.05) is 7.05 Å². The lowest BCUT2D eigenvalue weighted by molar-refractivity contribution is 0.101. The molecule has 1 saturated carbocycles. The van der Waals surface area contributed by atoms with Gasteiger partial charge in [-0.3, -0.25) is 9.78 Å². The number of piperidine rings is 1. The number of anilines is 2. The van der Waals surface area contributed by atoms with Crippen LogP contribution in [0.4, 0.5) is 11.5 Å². The van der Waals surface area contributed by atoms with Crippen LogP contribution in [0.25, 0.3) is 11.1 Å². The zero-order chi connectivity index (χ0) is 22.0. The van der Waals surface area contributed by atoms with Gasteiger partial charge in [-0.2, -0.15) is 9.97 Å². The number of fused-ring (bicyclic) bond motifs is 4. The number of ether oxygens (including phenoxy) is 1. The third-order valence-electron chi connectivity index (χ3n) is 6.89. The third kappa shape index (κ3) is 2.94. The van der Waals surface area contributed by atoms with Crippen LogP contribution >= 0.6 is 0 Å². The largest absolute Gasteiger partial charge is 0.423 e. The fraction of sp³-hybridized carbons (Fsp3) is 0.333. The molecule has 3 aliphatic rings. The molecule has 32 heavy (non-hydrogen) atoms. The molecule has 0 amide bonds. The van der Waals surface area contributed by atoms with Gasteiger partial charge in [0.2, 0.25) is 0 Å². The summed E-state index contributed by atoms with van der Waals surface area (Å²) in [6.45, 7) is 3.30. The number of ketones is 1. The molecular weight excluding hydrogens is 404 g/mol. The normalized spacial score (nSPS) is 22.2. The second-order valence-corrected chi connectivity index (χ2v) is 8.79. The van der Waals surface area contributed by atoms with Gasteiger partial charge in [0.1, 0.15) is 11.6 Å². The summed E-state index contributed by atoms with van der Waals surface area (Å²) in [6.07, 6.45) is 3.81. The summed E-state index contributed by atoms with van der Waals surface area (Å²) in [5.74, 6) is 2.34. The summed E-state index contributed by atoms with van der Waals surface area (Å²) in [7, 11) is 1.93. The number of nitrogens with two attached hydrogens (primary N) is 1. The Morgan fingerprint density at radius 3 is 2.78 bits per heavy atom. The first-order valence-corrected chi connectivity index (χ1v) is 10.9. The first-order chi connectivity index (χ1) is 15.5. The highest BCUT2D eigenvalue weighted by molar-refractivity contribution is 5.94. The van der Waals surface area contributed by atoms with Crippen molar-refractivity contribution in [2.45, 2.75) is 19.4 Å². The molecule has 6 rings (SSSR count). The van der Waals surface area contributed by atoms with E-state index in [2.05, 4.69) is 33.4 Å². The van der Waals surface area contributed by atoms with E-state index >= 15 is 0 Å². The van der Waals surface area contributed by atoms with Crippen LogP contribution in [0.1, 0.15) is 28.5 Å². The molecule has 0 spiro atoms. The van der Waals surface area contributed by atoms with E-state index in [1.165, 1.54) is 24.2 Å². The highest BCUT2D eigenvalue weighted by Crippen LogP contribution is 2.50. The van der Waals surface area contributed by atoms with Crippen LogP contribution < -0.4 is 20.7 Å². The summed E-state index contributed by atoms with van der Waals surface area (Å²) in [4.78, 5) is 27.8. The Kier molecular flexibility index (Phi) is 4.19. The smallest absolute Gasteiger partial charge is 0.324 e. The number of pyridine rings is 1. The van der Waals surface area contributed by atoms with E-state index in [-0.39, 0.29) is 11.8 Å². The maximum Gasteiger partial charge on any atom is 0.324 e. The Balaban J connectivity index is 1.43. The minimum Gasteiger partial charge on any atom is -0.423 e. The predicted octanol–water partition coefficient (Wildman–Crippen LogP) is 2.87. The molecule has 2 fully saturated rings. The number of carbonyl (C=O) groups is 1. The predicted molar refractivity (Wildman–Crippen MR) is 121 cm³/mol. The molecule has 2 unspecified atom stereocenters. The highest BCUT2D eigenvalue weighted by atomic mass is 16.5. The van der Waals surface area contributed by atoms with Crippen LogP contribution in [-0.2, 0) is 6.42 Å². The number of hydrogen-bond acceptors (Lipinski definition) is 8. The molecule has 3 heterocycles. The second-order valence-electron chi connectivity index (χ2n) is 8.79. The van der Waals surface area contributed by atoms with E-state index in [4.69, 9.17) is 20.4 Å². The van der Waals surface area contributed by atoms with Crippen LogP contribution in [0.3, 0.4) is 0 Å². The summed E-state index contributed by atoms with van der Waals surface area (Å²) in [5, 5.41) is 3.29. The maximum absolute atomic E-state index is 11.7. The highest BCUT2D eigenvalue weighted by Gasteiger charge is 2.54. The molecule has 3 N–H and O–H groups in total. The Bertz CT molecular complexity index is 1250. The number of rotatable bonds is 5. The van der Waals surface area contributed by atoms with Crippen molar-refractivity contribution in [1.29, 1.82) is 0 Å². The fourth-order valence-electron chi connectivity index (χ4n) is 5.08. The average molecular weight is 428 g/mol. The molecule has 2 aromatic heterocycles. The van der Waals surface area contributed by atoms with Crippen LogP contribution in [0.15, 0.2) is 36.7 Å². The SMILES string of the molecule is CNc1cccc2c1Cc1nc(Oc3cncc(C(C)=O)c3)nc(N3CC4C(N)C4C3)c1-2. The van der Waals surface area contributed by atoms with Crippen molar-refractivity contribution in [1.82, 2.24) is 15.0 Å². The van der Waals surface area contributed by atoms with Gasteiger partial charge in [0.05, 0.1) is 11.9 Å². The molecule has 0 radical (unpaired) electrons. The number of hydrogen-bond donors (Lipinski definition) is 2.